The topological polar surface area (TPSA) is 12.0 Å². The molecule has 20 heavy (non-hydrogen) atoms. The third kappa shape index (κ3) is 4.03. The molecule has 1 unspecified atom stereocenters. The van der Waals surface area contributed by atoms with Gasteiger partial charge in [0.05, 0.1) is 0 Å². The first-order valence-corrected chi connectivity index (χ1v) is 8.34. The Bertz CT molecular complexity index is 547. The van der Waals surface area contributed by atoms with E-state index < -0.39 is 0 Å². The summed E-state index contributed by atoms with van der Waals surface area (Å²) in [6.07, 6.45) is 3.49. The van der Waals surface area contributed by atoms with Gasteiger partial charge >= 0.3 is 0 Å². The van der Waals surface area contributed by atoms with E-state index >= 15 is 0 Å². The van der Waals surface area contributed by atoms with Gasteiger partial charge in [-0.05, 0) is 61.4 Å². The molecule has 1 nitrogen and oxygen atoms in total. The van der Waals surface area contributed by atoms with Crippen LogP contribution in [0.15, 0.2) is 24.3 Å². The molecule has 1 atom stereocenters. The SMILES string of the molecule is CCCNC(CCC(C)C)c1cc2cc(F)ccc2s1. The summed E-state index contributed by atoms with van der Waals surface area (Å²) in [6, 6.07) is 7.62. The molecule has 0 saturated heterocycles. The Kier molecular flexibility index (Phi) is 5.55. The van der Waals surface area contributed by atoms with Gasteiger partial charge in [0, 0.05) is 15.6 Å². The summed E-state index contributed by atoms with van der Waals surface area (Å²) in [5, 5.41) is 4.66. The van der Waals surface area contributed by atoms with Crippen molar-refractivity contribution in [3.05, 3.63) is 35.0 Å². The van der Waals surface area contributed by atoms with Crippen molar-refractivity contribution in [2.24, 2.45) is 5.92 Å². The van der Waals surface area contributed by atoms with Crippen molar-refractivity contribution in [1.29, 1.82) is 0 Å². The van der Waals surface area contributed by atoms with Crippen LogP contribution in [0.5, 0.6) is 0 Å². The molecule has 0 saturated carbocycles. The summed E-state index contributed by atoms with van der Waals surface area (Å²) in [5.74, 6) is 0.565. The molecule has 0 bridgehead atoms. The van der Waals surface area contributed by atoms with Crippen molar-refractivity contribution in [3.63, 3.8) is 0 Å². The van der Waals surface area contributed by atoms with Gasteiger partial charge in [-0.25, -0.2) is 4.39 Å². The molecule has 1 N–H and O–H groups in total. The van der Waals surface area contributed by atoms with Crippen LogP contribution in [0.25, 0.3) is 10.1 Å². The zero-order valence-corrected chi connectivity index (χ0v) is 13.4. The van der Waals surface area contributed by atoms with E-state index in [4.69, 9.17) is 0 Å². The first kappa shape index (κ1) is 15.5. The predicted molar refractivity (Wildman–Crippen MR) is 86.9 cm³/mol. The fraction of sp³-hybridized carbons (Fsp3) is 0.529. The smallest absolute Gasteiger partial charge is 0.123 e. The van der Waals surface area contributed by atoms with Crippen molar-refractivity contribution in [2.75, 3.05) is 6.54 Å². The van der Waals surface area contributed by atoms with Gasteiger partial charge in [0.15, 0.2) is 0 Å². The Labute approximate surface area is 125 Å². The Balaban J connectivity index is 2.20. The van der Waals surface area contributed by atoms with Gasteiger partial charge in [-0.15, -0.1) is 11.3 Å². The van der Waals surface area contributed by atoms with Gasteiger partial charge in [-0.1, -0.05) is 20.8 Å². The summed E-state index contributed by atoms with van der Waals surface area (Å²) < 4.78 is 14.5. The minimum Gasteiger partial charge on any atom is -0.309 e. The molecule has 0 aliphatic heterocycles. The summed E-state index contributed by atoms with van der Waals surface area (Å²) in [6.45, 7) is 7.74. The molecule has 0 aliphatic carbocycles. The Hall–Kier alpha value is -0.930. The lowest BCUT2D eigenvalue weighted by Gasteiger charge is -2.18. The van der Waals surface area contributed by atoms with E-state index in [1.807, 2.05) is 6.07 Å². The Morgan fingerprint density at radius 2 is 2.00 bits per heavy atom. The average molecular weight is 293 g/mol. The second-order valence-electron chi connectivity index (χ2n) is 5.81. The molecule has 3 heteroatoms. The van der Waals surface area contributed by atoms with Crippen molar-refractivity contribution in [2.45, 2.75) is 46.1 Å². The monoisotopic (exact) mass is 293 g/mol. The number of rotatable bonds is 7. The molecule has 0 aliphatic rings. The van der Waals surface area contributed by atoms with Crippen LogP contribution in [0, 0.1) is 11.7 Å². The zero-order valence-electron chi connectivity index (χ0n) is 12.6. The standard InChI is InChI=1S/C17H24FNS/c1-4-9-19-15(7-5-12(2)3)17-11-13-10-14(18)6-8-16(13)20-17/h6,8,10-12,15,19H,4-5,7,9H2,1-3H3. The lowest BCUT2D eigenvalue weighted by Crippen LogP contribution is -2.21. The van der Waals surface area contributed by atoms with E-state index in [1.165, 1.54) is 16.0 Å². The highest BCUT2D eigenvalue weighted by molar-refractivity contribution is 7.19. The van der Waals surface area contributed by atoms with Crippen molar-refractivity contribution >= 4 is 21.4 Å². The van der Waals surface area contributed by atoms with E-state index in [9.17, 15) is 4.39 Å². The number of thiophene rings is 1. The van der Waals surface area contributed by atoms with Gasteiger partial charge < -0.3 is 5.32 Å². The molecule has 0 fully saturated rings. The second-order valence-corrected chi connectivity index (χ2v) is 6.92. The lowest BCUT2D eigenvalue weighted by atomic mass is 10.0. The summed E-state index contributed by atoms with van der Waals surface area (Å²) in [5.41, 5.74) is 0. The molecule has 0 radical (unpaired) electrons. The van der Waals surface area contributed by atoms with Crippen LogP contribution in [0.2, 0.25) is 0 Å². The van der Waals surface area contributed by atoms with Crippen LogP contribution < -0.4 is 5.32 Å². The minimum atomic E-state index is -0.151. The number of halogens is 1. The van der Waals surface area contributed by atoms with Crippen LogP contribution in [0.4, 0.5) is 4.39 Å². The molecule has 0 amide bonds. The van der Waals surface area contributed by atoms with Gasteiger partial charge in [-0.3, -0.25) is 0 Å². The van der Waals surface area contributed by atoms with E-state index in [-0.39, 0.29) is 5.82 Å². The number of hydrogen-bond acceptors (Lipinski definition) is 2. The number of nitrogens with one attached hydrogen (secondary N) is 1. The summed E-state index contributed by atoms with van der Waals surface area (Å²) in [4.78, 5) is 1.33. The van der Waals surface area contributed by atoms with Gasteiger partial charge in [0.25, 0.3) is 0 Å². The highest BCUT2D eigenvalue weighted by Crippen LogP contribution is 2.33. The van der Waals surface area contributed by atoms with Crippen LogP contribution in [-0.4, -0.2) is 6.54 Å². The van der Waals surface area contributed by atoms with Crippen molar-refractivity contribution in [1.82, 2.24) is 5.32 Å². The van der Waals surface area contributed by atoms with E-state index in [0.29, 0.717) is 12.0 Å². The number of benzene rings is 1. The Morgan fingerprint density at radius 3 is 2.70 bits per heavy atom. The maximum Gasteiger partial charge on any atom is 0.123 e. The zero-order chi connectivity index (χ0) is 14.5. The second kappa shape index (κ2) is 7.19. The van der Waals surface area contributed by atoms with Gasteiger partial charge in [-0.2, -0.15) is 0 Å². The van der Waals surface area contributed by atoms with Crippen molar-refractivity contribution in [3.8, 4) is 0 Å². The molecule has 0 spiro atoms. The highest BCUT2D eigenvalue weighted by atomic mass is 32.1. The molecule has 1 aromatic carbocycles. The molecular formula is C17H24FNS. The summed E-state index contributed by atoms with van der Waals surface area (Å²) in [7, 11) is 0. The van der Waals surface area contributed by atoms with E-state index in [0.717, 1.165) is 24.8 Å². The van der Waals surface area contributed by atoms with Crippen LogP contribution in [0.3, 0.4) is 0 Å². The highest BCUT2D eigenvalue weighted by Gasteiger charge is 2.14. The normalized spacial score (nSPS) is 13.2. The van der Waals surface area contributed by atoms with Crippen LogP contribution in [0.1, 0.15) is 51.0 Å². The van der Waals surface area contributed by atoms with Crippen LogP contribution >= 0.6 is 11.3 Å². The van der Waals surface area contributed by atoms with Gasteiger partial charge in [0.1, 0.15) is 5.82 Å². The van der Waals surface area contributed by atoms with E-state index in [2.05, 4.69) is 32.2 Å². The first-order chi connectivity index (χ1) is 9.60. The lowest BCUT2D eigenvalue weighted by molar-refractivity contribution is 0.445. The molecule has 2 rings (SSSR count). The van der Waals surface area contributed by atoms with E-state index in [1.54, 1.807) is 23.5 Å². The van der Waals surface area contributed by atoms with Gasteiger partial charge in [0.2, 0.25) is 0 Å². The molecule has 2 aromatic rings. The summed E-state index contributed by atoms with van der Waals surface area (Å²) >= 11 is 1.79. The maximum absolute atomic E-state index is 13.3. The largest absolute Gasteiger partial charge is 0.309 e. The maximum atomic E-state index is 13.3. The fourth-order valence-corrected chi connectivity index (χ4v) is 3.53. The molecule has 110 valence electrons. The predicted octanol–water partition coefficient (Wildman–Crippen LogP) is 5.52. The fourth-order valence-electron chi connectivity index (χ4n) is 2.37. The molecule has 1 aromatic heterocycles. The molecular weight excluding hydrogens is 269 g/mol. The third-order valence-corrected chi connectivity index (χ3v) is 4.74. The van der Waals surface area contributed by atoms with Crippen molar-refractivity contribution < 1.29 is 4.39 Å². The number of hydrogen-bond donors (Lipinski definition) is 1. The first-order valence-electron chi connectivity index (χ1n) is 7.52. The average Bonchev–Trinajstić information content (AvgIpc) is 2.81. The Morgan fingerprint density at radius 1 is 1.20 bits per heavy atom. The molecule has 1 heterocycles. The third-order valence-electron chi connectivity index (χ3n) is 3.51. The number of fused-ring (bicyclic) bond motifs is 1. The quantitative estimate of drug-likeness (QED) is 0.709. The minimum absolute atomic E-state index is 0.151. The van der Waals surface area contributed by atoms with Crippen LogP contribution in [-0.2, 0) is 0 Å².